The Kier molecular flexibility index (Phi) is 8.85. The highest BCUT2D eigenvalue weighted by molar-refractivity contribution is 7.91. The van der Waals surface area contributed by atoms with Gasteiger partial charge >= 0.3 is 12.1 Å². The third-order valence-electron chi connectivity index (χ3n) is 2.46. The van der Waals surface area contributed by atoms with E-state index in [0.29, 0.717) is 12.8 Å². The van der Waals surface area contributed by atoms with Crippen molar-refractivity contribution in [2.75, 3.05) is 18.1 Å². The lowest BCUT2D eigenvalue weighted by atomic mass is 10.2. The summed E-state index contributed by atoms with van der Waals surface area (Å²) in [6.45, 7) is 4.83. The van der Waals surface area contributed by atoms with E-state index in [1.807, 2.05) is 5.32 Å². The van der Waals surface area contributed by atoms with Crippen molar-refractivity contribution in [3.8, 4) is 0 Å². The molecule has 0 aromatic carbocycles. The second kappa shape index (κ2) is 9.51. The van der Waals surface area contributed by atoms with Gasteiger partial charge in [-0.2, -0.15) is 0 Å². The zero-order chi connectivity index (χ0) is 18.1. The number of allylic oxidation sites excluding steroid dienone is 1. The predicted octanol–water partition coefficient (Wildman–Crippen LogP) is 0.708. The number of ether oxygens (including phenoxy) is 1. The number of carbonyl (C=O) groups is 2. The maximum Gasteiger partial charge on any atom is 0.408 e. The summed E-state index contributed by atoms with van der Waals surface area (Å²) in [5.41, 5.74) is -0.818. The van der Waals surface area contributed by atoms with Gasteiger partial charge in [0.2, 0.25) is 0 Å². The smallest absolute Gasteiger partial charge is 0.408 e. The van der Waals surface area contributed by atoms with E-state index in [1.54, 1.807) is 26.8 Å². The third kappa shape index (κ3) is 11.6. The van der Waals surface area contributed by atoms with Crippen molar-refractivity contribution in [2.45, 2.75) is 45.3 Å². The van der Waals surface area contributed by atoms with Crippen LogP contribution >= 0.6 is 0 Å². The summed E-state index contributed by atoms with van der Waals surface area (Å²) in [6, 6.07) is -1.58. The molecule has 0 rings (SSSR count). The molecular weight excluding hydrogens is 326 g/mol. The zero-order valence-electron chi connectivity index (χ0n) is 13.6. The van der Waals surface area contributed by atoms with Gasteiger partial charge in [-0.05, 0) is 33.6 Å². The van der Waals surface area contributed by atoms with E-state index in [-0.39, 0.29) is 12.4 Å². The summed E-state index contributed by atoms with van der Waals surface area (Å²) >= 11 is 0. The normalized spacial score (nSPS) is 13.7. The van der Waals surface area contributed by atoms with E-state index in [4.69, 9.17) is 14.9 Å². The molecule has 1 unspecified atom stereocenters. The van der Waals surface area contributed by atoms with Crippen LogP contribution < -0.4 is 5.32 Å². The number of carboxylic acids is 1. The standard InChI is InChI=1S/C14H25NO7S/c1-14(2,3)22-13(19)15-11(12(17)18)10-23(20,21)9-7-5-4-6-8-16/h5,7,11,16H,4,6,8-10H2,1-3H3,(H,15,19)(H,17,18). The summed E-state index contributed by atoms with van der Waals surface area (Å²) < 4.78 is 28.7. The van der Waals surface area contributed by atoms with Gasteiger partial charge < -0.3 is 20.3 Å². The SMILES string of the molecule is CC(C)(C)OC(=O)NC(CS(=O)(=O)CC=CCCCO)C(=O)O. The summed E-state index contributed by atoms with van der Waals surface area (Å²) in [4.78, 5) is 22.7. The van der Waals surface area contributed by atoms with Gasteiger partial charge in [0, 0.05) is 6.61 Å². The summed E-state index contributed by atoms with van der Waals surface area (Å²) in [5, 5.41) is 19.7. The molecule has 0 spiro atoms. The first kappa shape index (κ1) is 21.4. The van der Waals surface area contributed by atoms with Gasteiger partial charge in [0.05, 0.1) is 11.5 Å². The molecule has 0 heterocycles. The van der Waals surface area contributed by atoms with Gasteiger partial charge in [-0.3, -0.25) is 0 Å². The molecule has 3 N–H and O–H groups in total. The number of amides is 1. The molecule has 134 valence electrons. The second-order valence-corrected chi connectivity index (χ2v) is 8.11. The number of aliphatic hydroxyl groups excluding tert-OH is 1. The molecule has 1 atom stereocenters. The number of alkyl carbamates (subject to hydrolysis) is 1. The lowest BCUT2D eigenvalue weighted by Gasteiger charge is -2.21. The van der Waals surface area contributed by atoms with Gasteiger partial charge in [-0.1, -0.05) is 12.2 Å². The number of hydrogen-bond acceptors (Lipinski definition) is 6. The van der Waals surface area contributed by atoms with E-state index < -0.39 is 39.3 Å². The number of aliphatic carboxylic acids is 1. The fourth-order valence-electron chi connectivity index (χ4n) is 1.49. The van der Waals surface area contributed by atoms with E-state index >= 15 is 0 Å². The third-order valence-corrected chi connectivity index (χ3v) is 4.00. The maximum atomic E-state index is 11.9. The highest BCUT2D eigenvalue weighted by Crippen LogP contribution is 2.07. The molecule has 0 saturated carbocycles. The van der Waals surface area contributed by atoms with E-state index in [1.165, 1.54) is 6.08 Å². The van der Waals surface area contributed by atoms with E-state index in [2.05, 4.69) is 0 Å². The fourth-order valence-corrected chi connectivity index (χ4v) is 2.79. The van der Waals surface area contributed by atoms with Crippen LogP contribution in [-0.2, 0) is 19.4 Å². The molecule has 0 bridgehead atoms. The predicted molar refractivity (Wildman–Crippen MR) is 84.9 cm³/mol. The van der Waals surface area contributed by atoms with Gasteiger partial charge in [0.15, 0.2) is 9.84 Å². The Morgan fingerprint density at radius 3 is 2.35 bits per heavy atom. The summed E-state index contributed by atoms with van der Waals surface area (Å²) in [6.07, 6.45) is 3.07. The molecule has 0 aliphatic heterocycles. The molecule has 9 heteroatoms. The average Bonchev–Trinajstić information content (AvgIpc) is 2.35. The van der Waals surface area contributed by atoms with Gasteiger partial charge in [0.1, 0.15) is 11.6 Å². The van der Waals surface area contributed by atoms with Crippen LogP contribution in [0.1, 0.15) is 33.6 Å². The van der Waals surface area contributed by atoms with Gasteiger partial charge in [-0.25, -0.2) is 18.0 Å². The van der Waals surface area contributed by atoms with Crippen LogP contribution in [0.25, 0.3) is 0 Å². The number of aliphatic hydroxyl groups is 1. The van der Waals surface area contributed by atoms with Crippen molar-refractivity contribution >= 4 is 21.9 Å². The van der Waals surface area contributed by atoms with Crippen molar-refractivity contribution in [1.29, 1.82) is 0 Å². The Morgan fingerprint density at radius 2 is 1.87 bits per heavy atom. The quantitative estimate of drug-likeness (QED) is 0.412. The molecule has 0 aliphatic carbocycles. The number of rotatable bonds is 9. The summed E-state index contributed by atoms with van der Waals surface area (Å²) in [7, 11) is -3.70. The number of unbranched alkanes of at least 4 members (excludes halogenated alkanes) is 1. The molecule has 0 fully saturated rings. The average molecular weight is 351 g/mol. The van der Waals surface area contributed by atoms with Crippen LogP contribution in [0.2, 0.25) is 0 Å². The monoisotopic (exact) mass is 351 g/mol. The maximum absolute atomic E-state index is 11.9. The van der Waals surface area contributed by atoms with Crippen LogP contribution in [0.15, 0.2) is 12.2 Å². The van der Waals surface area contributed by atoms with Crippen LogP contribution in [0.5, 0.6) is 0 Å². The lowest BCUT2D eigenvalue weighted by molar-refractivity contribution is -0.138. The van der Waals surface area contributed by atoms with Gasteiger partial charge in [-0.15, -0.1) is 0 Å². The van der Waals surface area contributed by atoms with Crippen LogP contribution in [0, 0.1) is 0 Å². The highest BCUT2D eigenvalue weighted by atomic mass is 32.2. The molecule has 0 aliphatic rings. The highest BCUT2D eigenvalue weighted by Gasteiger charge is 2.28. The first-order valence-corrected chi connectivity index (χ1v) is 8.97. The molecule has 1 amide bonds. The Hall–Kier alpha value is -1.61. The topological polar surface area (TPSA) is 130 Å². The van der Waals surface area contributed by atoms with Gasteiger partial charge in [0.25, 0.3) is 0 Å². The number of sulfone groups is 1. The Labute approximate surface area is 136 Å². The van der Waals surface area contributed by atoms with Crippen LogP contribution in [0.4, 0.5) is 4.79 Å². The largest absolute Gasteiger partial charge is 0.480 e. The van der Waals surface area contributed by atoms with Crippen LogP contribution in [0.3, 0.4) is 0 Å². The molecule has 23 heavy (non-hydrogen) atoms. The molecule has 0 saturated heterocycles. The zero-order valence-corrected chi connectivity index (χ0v) is 14.4. The van der Waals surface area contributed by atoms with Crippen molar-refractivity contribution in [1.82, 2.24) is 5.32 Å². The van der Waals surface area contributed by atoms with Crippen molar-refractivity contribution in [3.63, 3.8) is 0 Å². The Morgan fingerprint density at radius 1 is 1.26 bits per heavy atom. The molecular formula is C14H25NO7S. The minimum absolute atomic E-state index is 0.0119. The number of nitrogens with one attached hydrogen (secondary N) is 1. The first-order valence-electron chi connectivity index (χ1n) is 7.15. The number of carbonyl (C=O) groups excluding carboxylic acids is 1. The number of hydrogen-bond donors (Lipinski definition) is 3. The Balaban J connectivity index is 4.65. The fraction of sp³-hybridized carbons (Fsp3) is 0.714. The minimum atomic E-state index is -3.70. The Bertz CT molecular complexity index is 520. The number of carboxylic acid groups (broad SMARTS) is 1. The lowest BCUT2D eigenvalue weighted by Crippen LogP contribution is -2.47. The molecule has 8 nitrogen and oxygen atoms in total. The van der Waals surface area contributed by atoms with E-state index in [0.717, 1.165) is 0 Å². The molecule has 0 aromatic rings. The summed E-state index contributed by atoms with van der Waals surface area (Å²) in [5.74, 6) is -2.52. The van der Waals surface area contributed by atoms with Crippen molar-refractivity contribution in [2.24, 2.45) is 0 Å². The van der Waals surface area contributed by atoms with Crippen molar-refractivity contribution < 1.29 is 33.0 Å². The molecule has 0 radical (unpaired) electrons. The van der Waals surface area contributed by atoms with Crippen LogP contribution in [-0.4, -0.2) is 60.4 Å². The second-order valence-electron chi connectivity index (χ2n) is 5.95. The van der Waals surface area contributed by atoms with Crippen molar-refractivity contribution in [3.05, 3.63) is 12.2 Å². The minimum Gasteiger partial charge on any atom is -0.480 e. The first-order chi connectivity index (χ1) is 10.5. The van der Waals surface area contributed by atoms with E-state index in [9.17, 15) is 18.0 Å². The molecule has 0 aromatic heterocycles.